The molecule has 1 aliphatic heterocycles. The third-order valence-corrected chi connectivity index (χ3v) is 4.27. The molecule has 2 heterocycles. The summed E-state index contributed by atoms with van der Waals surface area (Å²) in [5, 5.41) is 3.11. The van der Waals surface area contributed by atoms with Crippen LogP contribution in [0.4, 0.5) is 5.82 Å². The molecule has 1 aromatic carbocycles. The lowest BCUT2D eigenvalue weighted by molar-refractivity contribution is 0.173. The molecule has 0 unspecified atom stereocenters. The maximum atomic E-state index is 5.46. The molecule has 21 heavy (non-hydrogen) atoms. The largest absolute Gasteiger partial charge is 0.454 e. The molecule has 0 bridgehead atoms. The van der Waals surface area contributed by atoms with Crippen LogP contribution in [0, 0.1) is 0 Å². The van der Waals surface area contributed by atoms with Crippen LogP contribution in [-0.4, -0.2) is 23.8 Å². The van der Waals surface area contributed by atoms with Crippen molar-refractivity contribution < 1.29 is 9.47 Å². The van der Waals surface area contributed by atoms with Crippen molar-refractivity contribution in [2.75, 3.05) is 19.2 Å². The first kappa shape index (κ1) is 12.9. The standard InChI is InChI=1S/C15H14BrN3O2/c1-17-13-6-11(8-2-3-8)18-15(19-13)9-4-10(16)14-12(5-9)20-7-21-14/h4-6,8H,2-3,7H2,1H3,(H,17,18,19). The van der Waals surface area contributed by atoms with Crippen LogP contribution in [0.3, 0.4) is 0 Å². The number of halogens is 1. The zero-order chi connectivity index (χ0) is 14.4. The summed E-state index contributed by atoms with van der Waals surface area (Å²) in [5.41, 5.74) is 2.03. The van der Waals surface area contributed by atoms with E-state index < -0.39 is 0 Å². The minimum atomic E-state index is 0.252. The highest BCUT2D eigenvalue weighted by molar-refractivity contribution is 9.10. The third kappa shape index (κ3) is 2.33. The molecule has 2 aromatic rings. The lowest BCUT2D eigenvalue weighted by Gasteiger charge is -2.09. The van der Waals surface area contributed by atoms with Crippen LogP contribution in [0.2, 0.25) is 0 Å². The average Bonchev–Trinajstić information content (AvgIpc) is 3.24. The van der Waals surface area contributed by atoms with Gasteiger partial charge in [-0.1, -0.05) is 0 Å². The van der Waals surface area contributed by atoms with E-state index in [1.54, 1.807) is 0 Å². The Morgan fingerprint density at radius 2 is 2.05 bits per heavy atom. The molecular formula is C15H14BrN3O2. The Morgan fingerprint density at radius 1 is 1.19 bits per heavy atom. The predicted molar refractivity (Wildman–Crippen MR) is 82.8 cm³/mol. The zero-order valence-corrected chi connectivity index (χ0v) is 13.1. The Labute approximate surface area is 130 Å². The van der Waals surface area contributed by atoms with Crippen molar-refractivity contribution in [3.8, 4) is 22.9 Å². The van der Waals surface area contributed by atoms with E-state index in [4.69, 9.17) is 14.5 Å². The number of ether oxygens (including phenoxy) is 2. The lowest BCUT2D eigenvalue weighted by Crippen LogP contribution is -2.00. The van der Waals surface area contributed by atoms with E-state index in [1.165, 1.54) is 12.8 Å². The summed E-state index contributed by atoms with van der Waals surface area (Å²) in [6.07, 6.45) is 2.43. The van der Waals surface area contributed by atoms with Crippen molar-refractivity contribution in [2.45, 2.75) is 18.8 Å². The highest BCUT2D eigenvalue weighted by Gasteiger charge is 2.27. The summed E-state index contributed by atoms with van der Waals surface area (Å²) in [4.78, 5) is 9.27. The van der Waals surface area contributed by atoms with Gasteiger partial charge in [-0.05, 0) is 40.9 Å². The molecule has 0 spiro atoms. The molecule has 1 fully saturated rings. The molecular weight excluding hydrogens is 334 g/mol. The van der Waals surface area contributed by atoms with Crippen LogP contribution in [0.25, 0.3) is 11.4 Å². The number of fused-ring (bicyclic) bond motifs is 1. The second-order valence-corrected chi connectivity index (χ2v) is 6.07. The van der Waals surface area contributed by atoms with Crippen molar-refractivity contribution in [3.63, 3.8) is 0 Å². The number of rotatable bonds is 3. The van der Waals surface area contributed by atoms with Crippen LogP contribution in [0.15, 0.2) is 22.7 Å². The highest BCUT2D eigenvalue weighted by atomic mass is 79.9. The molecule has 0 amide bonds. The van der Waals surface area contributed by atoms with Gasteiger partial charge in [0.1, 0.15) is 5.82 Å². The van der Waals surface area contributed by atoms with Crippen molar-refractivity contribution >= 4 is 21.7 Å². The second kappa shape index (κ2) is 4.87. The molecule has 0 atom stereocenters. The van der Waals surface area contributed by atoms with E-state index in [0.29, 0.717) is 11.7 Å². The number of hydrogen-bond donors (Lipinski definition) is 1. The van der Waals surface area contributed by atoms with Crippen molar-refractivity contribution in [2.24, 2.45) is 0 Å². The number of nitrogens with one attached hydrogen (secondary N) is 1. The monoisotopic (exact) mass is 347 g/mol. The van der Waals surface area contributed by atoms with Gasteiger partial charge in [-0.2, -0.15) is 0 Å². The molecule has 1 aromatic heterocycles. The maximum absolute atomic E-state index is 5.46. The van der Waals surface area contributed by atoms with Gasteiger partial charge in [-0.3, -0.25) is 0 Å². The number of benzene rings is 1. The lowest BCUT2D eigenvalue weighted by atomic mass is 10.1. The minimum Gasteiger partial charge on any atom is -0.454 e. The first-order chi connectivity index (χ1) is 10.2. The van der Waals surface area contributed by atoms with E-state index in [-0.39, 0.29) is 6.79 Å². The second-order valence-electron chi connectivity index (χ2n) is 5.22. The normalized spacial score (nSPS) is 16.1. The number of anilines is 1. The first-order valence-electron chi connectivity index (χ1n) is 6.91. The molecule has 1 aliphatic carbocycles. The van der Waals surface area contributed by atoms with Gasteiger partial charge in [-0.25, -0.2) is 9.97 Å². The Hall–Kier alpha value is -1.82. The van der Waals surface area contributed by atoms with E-state index in [2.05, 4.69) is 26.2 Å². The molecule has 1 saturated carbocycles. The van der Waals surface area contributed by atoms with Gasteiger partial charge in [0.15, 0.2) is 17.3 Å². The smallest absolute Gasteiger partial charge is 0.231 e. The highest BCUT2D eigenvalue weighted by Crippen LogP contribution is 2.43. The summed E-state index contributed by atoms with van der Waals surface area (Å²) >= 11 is 3.51. The Bertz CT molecular complexity index is 716. The van der Waals surface area contributed by atoms with Crippen molar-refractivity contribution in [3.05, 3.63) is 28.4 Å². The van der Waals surface area contributed by atoms with E-state index in [1.807, 2.05) is 25.2 Å². The first-order valence-corrected chi connectivity index (χ1v) is 7.70. The van der Waals surface area contributed by atoms with Crippen molar-refractivity contribution in [1.82, 2.24) is 9.97 Å². The fourth-order valence-electron chi connectivity index (χ4n) is 2.41. The molecule has 4 rings (SSSR count). The quantitative estimate of drug-likeness (QED) is 0.919. The van der Waals surface area contributed by atoms with Crippen LogP contribution in [0.5, 0.6) is 11.5 Å². The molecule has 6 heteroatoms. The van der Waals surface area contributed by atoms with Gasteiger partial charge >= 0.3 is 0 Å². The minimum absolute atomic E-state index is 0.252. The fourth-order valence-corrected chi connectivity index (χ4v) is 2.96. The maximum Gasteiger partial charge on any atom is 0.231 e. The predicted octanol–water partition coefficient (Wildman–Crippen LogP) is 3.55. The SMILES string of the molecule is CNc1cc(C2CC2)nc(-c2cc(Br)c3c(c2)OCO3)n1. The van der Waals surface area contributed by atoms with Crippen molar-refractivity contribution in [1.29, 1.82) is 0 Å². The summed E-state index contributed by atoms with van der Waals surface area (Å²) in [6, 6.07) is 5.93. The average molecular weight is 348 g/mol. The molecule has 0 radical (unpaired) electrons. The van der Waals surface area contributed by atoms with Gasteiger partial charge in [0.05, 0.1) is 4.47 Å². The van der Waals surface area contributed by atoms with Crippen LogP contribution < -0.4 is 14.8 Å². The topological polar surface area (TPSA) is 56.3 Å². The van der Waals surface area contributed by atoms with Crippen LogP contribution in [0.1, 0.15) is 24.5 Å². The Kier molecular flexibility index (Phi) is 2.99. The fraction of sp³-hybridized carbons (Fsp3) is 0.333. The van der Waals surface area contributed by atoms with E-state index in [0.717, 1.165) is 33.0 Å². The molecule has 2 aliphatic rings. The molecule has 5 nitrogen and oxygen atoms in total. The van der Waals surface area contributed by atoms with Gasteiger partial charge < -0.3 is 14.8 Å². The summed E-state index contributed by atoms with van der Waals surface area (Å²) < 4.78 is 11.7. The van der Waals surface area contributed by atoms with E-state index >= 15 is 0 Å². The van der Waals surface area contributed by atoms with Gasteiger partial charge in [0, 0.05) is 30.3 Å². The Balaban J connectivity index is 1.82. The molecule has 108 valence electrons. The number of nitrogens with zero attached hydrogens (tertiary/aromatic N) is 2. The van der Waals surface area contributed by atoms with E-state index in [9.17, 15) is 0 Å². The number of aromatic nitrogens is 2. The van der Waals surface area contributed by atoms with Crippen LogP contribution in [-0.2, 0) is 0 Å². The summed E-state index contributed by atoms with van der Waals surface area (Å²) in [7, 11) is 1.87. The van der Waals surface area contributed by atoms with Gasteiger partial charge in [0.2, 0.25) is 6.79 Å². The summed E-state index contributed by atoms with van der Waals surface area (Å²) in [5.74, 6) is 3.60. The third-order valence-electron chi connectivity index (χ3n) is 3.68. The zero-order valence-electron chi connectivity index (χ0n) is 11.5. The Morgan fingerprint density at radius 3 is 2.81 bits per heavy atom. The molecule has 1 N–H and O–H groups in total. The summed E-state index contributed by atoms with van der Waals surface area (Å²) in [6.45, 7) is 0.252. The molecule has 0 saturated heterocycles. The number of hydrogen-bond acceptors (Lipinski definition) is 5. The van der Waals surface area contributed by atoms with Gasteiger partial charge in [-0.15, -0.1) is 0 Å². The van der Waals surface area contributed by atoms with Crippen LogP contribution >= 0.6 is 15.9 Å². The van der Waals surface area contributed by atoms with Gasteiger partial charge in [0.25, 0.3) is 0 Å².